The predicted octanol–water partition coefficient (Wildman–Crippen LogP) is 3.57. The Bertz CT molecular complexity index is 872. The molecule has 1 saturated heterocycles. The number of piperidine rings is 1. The van der Waals surface area contributed by atoms with Crippen molar-refractivity contribution in [3.8, 4) is 0 Å². The first-order valence-corrected chi connectivity index (χ1v) is 10.3. The van der Waals surface area contributed by atoms with Crippen molar-refractivity contribution in [2.75, 3.05) is 18.4 Å². The van der Waals surface area contributed by atoms with Crippen LogP contribution in [0.2, 0.25) is 0 Å². The minimum atomic E-state index is -0.364. The molecule has 1 aliphatic carbocycles. The number of anilines is 1. The van der Waals surface area contributed by atoms with Crippen molar-refractivity contribution in [1.29, 1.82) is 0 Å². The molecular weight excluding hydrogens is 369 g/mol. The van der Waals surface area contributed by atoms with Gasteiger partial charge in [-0.3, -0.25) is 14.5 Å². The Kier molecular flexibility index (Phi) is 5.90. The molecule has 152 valence electrons. The second kappa shape index (κ2) is 8.74. The standard InChI is InChI=1S/C23H26FN3O2/c24-19-6-4-17(5-7-19)22(28)26-21-3-1-2-16(14-21)15-27-12-10-18(11-13-27)23(29)25-20-8-9-20/h1-7,14,18,20H,8-13,15H2,(H,25,29)(H,26,28). The molecule has 1 aliphatic heterocycles. The van der Waals surface area contributed by atoms with Crippen LogP contribution in [0.1, 0.15) is 41.6 Å². The van der Waals surface area contributed by atoms with Gasteiger partial charge in [0.05, 0.1) is 0 Å². The summed E-state index contributed by atoms with van der Waals surface area (Å²) in [7, 11) is 0. The molecule has 0 aromatic heterocycles. The maximum Gasteiger partial charge on any atom is 0.255 e. The molecule has 2 fully saturated rings. The van der Waals surface area contributed by atoms with Crippen molar-refractivity contribution >= 4 is 17.5 Å². The molecule has 1 heterocycles. The van der Waals surface area contributed by atoms with Crippen LogP contribution in [0.25, 0.3) is 0 Å². The number of hydrogen-bond acceptors (Lipinski definition) is 3. The van der Waals surface area contributed by atoms with E-state index in [1.807, 2.05) is 24.3 Å². The quantitative estimate of drug-likeness (QED) is 0.786. The maximum atomic E-state index is 13.0. The highest BCUT2D eigenvalue weighted by Gasteiger charge is 2.29. The summed E-state index contributed by atoms with van der Waals surface area (Å²) in [6.45, 7) is 2.58. The van der Waals surface area contributed by atoms with E-state index in [2.05, 4.69) is 15.5 Å². The number of rotatable bonds is 6. The van der Waals surface area contributed by atoms with Crippen LogP contribution in [-0.4, -0.2) is 35.8 Å². The van der Waals surface area contributed by atoms with E-state index in [4.69, 9.17) is 0 Å². The minimum absolute atomic E-state index is 0.133. The van der Waals surface area contributed by atoms with Crippen LogP contribution in [0.4, 0.5) is 10.1 Å². The second-order valence-corrected chi connectivity index (χ2v) is 7.99. The Morgan fingerprint density at radius 1 is 1.00 bits per heavy atom. The van der Waals surface area contributed by atoms with Crippen LogP contribution in [0.15, 0.2) is 48.5 Å². The number of carbonyl (C=O) groups excluding carboxylic acids is 2. The summed E-state index contributed by atoms with van der Waals surface area (Å²) in [5.74, 6) is -0.271. The first kappa shape index (κ1) is 19.6. The molecule has 29 heavy (non-hydrogen) atoms. The van der Waals surface area contributed by atoms with Crippen LogP contribution in [0.5, 0.6) is 0 Å². The zero-order valence-corrected chi connectivity index (χ0v) is 16.4. The monoisotopic (exact) mass is 395 g/mol. The number of hydrogen-bond donors (Lipinski definition) is 2. The summed E-state index contributed by atoms with van der Waals surface area (Å²) >= 11 is 0. The highest BCUT2D eigenvalue weighted by Crippen LogP contribution is 2.24. The van der Waals surface area contributed by atoms with Crippen molar-refractivity contribution in [2.45, 2.75) is 38.3 Å². The van der Waals surface area contributed by atoms with E-state index in [0.717, 1.165) is 56.6 Å². The number of halogens is 1. The summed E-state index contributed by atoms with van der Waals surface area (Å²) < 4.78 is 13.0. The zero-order valence-electron chi connectivity index (χ0n) is 16.4. The highest BCUT2D eigenvalue weighted by atomic mass is 19.1. The molecular formula is C23H26FN3O2. The number of benzene rings is 2. The molecule has 1 saturated carbocycles. The highest BCUT2D eigenvalue weighted by molar-refractivity contribution is 6.04. The average molecular weight is 395 g/mol. The molecule has 5 nitrogen and oxygen atoms in total. The lowest BCUT2D eigenvalue weighted by Crippen LogP contribution is -2.40. The minimum Gasteiger partial charge on any atom is -0.353 e. The van der Waals surface area contributed by atoms with E-state index in [-0.39, 0.29) is 23.5 Å². The summed E-state index contributed by atoms with van der Waals surface area (Å²) in [5, 5.41) is 5.98. The van der Waals surface area contributed by atoms with E-state index < -0.39 is 0 Å². The van der Waals surface area contributed by atoms with Crippen molar-refractivity contribution in [3.63, 3.8) is 0 Å². The number of carbonyl (C=O) groups is 2. The molecule has 2 aliphatic rings. The van der Waals surface area contributed by atoms with Crippen LogP contribution in [-0.2, 0) is 11.3 Å². The Hall–Kier alpha value is -2.73. The number of amides is 2. The van der Waals surface area contributed by atoms with Gasteiger partial charge in [-0.25, -0.2) is 4.39 Å². The summed E-state index contributed by atoms with van der Waals surface area (Å²) in [5.41, 5.74) is 2.25. The second-order valence-electron chi connectivity index (χ2n) is 7.99. The Labute approximate surface area is 170 Å². The lowest BCUT2D eigenvalue weighted by Gasteiger charge is -2.31. The number of nitrogens with zero attached hydrogens (tertiary/aromatic N) is 1. The molecule has 0 atom stereocenters. The zero-order chi connectivity index (χ0) is 20.2. The fourth-order valence-electron chi connectivity index (χ4n) is 3.71. The summed E-state index contributed by atoms with van der Waals surface area (Å²) in [4.78, 5) is 26.9. The van der Waals surface area contributed by atoms with Crippen molar-refractivity contribution in [2.24, 2.45) is 5.92 Å². The van der Waals surface area contributed by atoms with Crippen LogP contribution in [0, 0.1) is 11.7 Å². The molecule has 0 spiro atoms. The van der Waals surface area contributed by atoms with Crippen molar-refractivity contribution < 1.29 is 14.0 Å². The number of nitrogens with one attached hydrogen (secondary N) is 2. The van der Waals surface area contributed by atoms with E-state index in [1.54, 1.807) is 0 Å². The van der Waals surface area contributed by atoms with Gasteiger partial charge in [-0.2, -0.15) is 0 Å². The van der Waals surface area contributed by atoms with Crippen LogP contribution >= 0.6 is 0 Å². The molecule has 2 aromatic rings. The largest absolute Gasteiger partial charge is 0.353 e. The topological polar surface area (TPSA) is 61.4 Å². The van der Waals surface area contributed by atoms with E-state index in [0.29, 0.717) is 11.6 Å². The average Bonchev–Trinajstić information content (AvgIpc) is 3.53. The Balaban J connectivity index is 1.29. The third kappa shape index (κ3) is 5.41. The maximum absolute atomic E-state index is 13.0. The van der Waals surface area contributed by atoms with E-state index >= 15 is 0 Å². The lowest BCUT2D eigenvalue weighted by molar-refractivity contribution is -0.126. The van der Waals surface area contributed by atoms with Gasteiger partial charge in [-0.15, -0.1) is 0 Å². The summed E-state index contributed by atoms with van der Waals surface area (Å²) in [6.07, 6.45) is 4.02. The van der Waals surface area contributed by atoms with Crippen LogP contribution in [0.3, 0.4) is 0 Å². The van der Waals surface area contributed by atoms with Gasteiger partial charge >= 0.3 is 0 Å². The molecule has 0 unspecified atom stereocenters. The molecule has 2 aromatic carbocycles. The molecule has 2 amide bonds. The summed E-state index contributed by atoms with van der Waals surface area (Å²) in [6, 6.07) is 13.7. The Morgan fingerprint density at radius 2 is 1.72 bits per heavy atom. The molecule has 6 heteroatoms. The first-order valence-electron chi connectivity index (χ1n) is 10.3. The van der Waals surface area contributed by atoms with E-state index in [1.165, 1.54) is 24.3 Å². The van der Waals surface area contributed by atoms with E-state index in [9.17, 15) is 14.0 Å². The third-order valence-electron chi connectivity index (χ3n) is 5.58. The first-order chi connectivity index (χ1) is 14.1. The van der Waals surface area contributed by atoms with Gasteiger partial charge in [-0.05, 0) is 80.7 Å². The molecule has 0 bridgehead atoms. The Morgan fingerprint density at radius 3 is 2.41 bits per heavy atom. The third-order valence-corrected chi connectivity index (χ3v) is 5.58. The molecule has 4 rings (SSSR count). The van der Waals surface area contributed by atoms with Gasteiger partial charge in [0.25, 0.3) is 5.91 Å². The fourth-order valence-corrected chi connectivity index (χ4v) is 3.71. The van der Waals surface area contributed by atoms with Gasteiger partial charge in [0.2, 0.25) is 5.91 Å². The predicted molar refractivity (Wildman–Crippen MR) is 110 cm³/mol. The SMILES string of the molecule is O=C(Nc1cccc(CN2CCC(C(=O)NC3CC3)CC2)c1)c1ccc(F)cc1. The number of likely N-dealkylation sites (tertiary alicyclic amines) is 1. The van der Waals surface area contributed by atoms with Crippen LogP contribution < -0.4 is 10.6 Å². The van der Waals surface area contributed by atoms with Gasteiger partial charge in [0.15, 0.2) is 0 Å². The van der Waals surface area contributed by atoms with Crippen molar-refractivity contribution in [1.82, 2.24) is 10.2 Å². The van der Waals surface area contributed by atoms with Gasteiger partial charge in [0, 0.05) is 29.8 Å². The smallest absolute Gasteiger partial charge is 0.255 e. The lowest BCUT2D eigenvalue weighted by atomic mass is 9.95. The fraction of sp³-hybridized carbons (Fsp3) is 0.391. The normalized spacial score (nSPS) is 17.7. The van der Waals surface area contributed by atoms with Crippen molar-refractivity contribution in [3.05, 3.63) is 65.5 Å². The van der Waals surface area contributed by atoms with Gasteiger partial charge in [0.1, 0.15) is 5.82 Å². The molecule has 0 radical (unpaired) electrons. The van der Waals surface area contributed by atoms with Gasteiger partial charge in [-0.1, -0.05) is 12.1 Å². The molecule has 2 N–H and O–H groups in total. The van der Waals surface area contributed by atoms with Gasteiger partial charge < -0.3 is 10.6 Å².